The van der Waals surface area contributed by atoms with Crippen molar-refractivity contribution in [3.8, 4) is 0 Å². The van der Waals surface area contributed by atoms with Gasteiger partial charge in [0.15, 0.2) is 0 Å². The summed E-state index contributed by atoms with van der Waals surface area (Å²) < 4.78 is 4.82. The number of nitrogens with zero attached hydrogens (tertiary/aromatic N) is 2. The molecule has 2 heterocycles. The Kier molecular flexibility index (Phi) is 4.28. The summed E-state index contributed by atoms with van der Waals surface area (Å²) in [6.45, 7) is 0.229. The van der Waals surface area contributed by atoms with Crippen molar-refractivity contribution in [3.63, 3.8) is 0 Å². The molecule has 120 valence electrons. The van der Waals surface area contributed by atoms with Crippen LogP contribution in [0.3, 0.4) is 0 Å². The highest BCUT2D eigenvalue weighted by atomic mass is 35.5. The van der Waals surface area contributed by atoms with E-state index in [1.807, 2.05) is 0 Å². The van der Waals surface area contributed by atoms with Crippen LogP contribution in [0.15, 0.2) is 24.5 Å². The van der Waals surface area contributed by atoms with E-state index in [-0.39, 0.29) is 23.0 Å². The van der Waals surface area contributed by atoms with E-state index >= 15 is 0 Å². The number of hydrogen-bond donors (Lipinski definition) is 1. The minimum absolute atomic E-state index is 0.229. The Morgan fingerprint density at radius 1 is 1.39 bits per heavy atom. The number of carbonyl (C=O) groups is 2. The number of imidazole rings is 1. The summed E-state index contributed by atoms with van der Waals surface area (Å²) >= 11 is 12.0. The molecule has 1 amide bonds. The van der Waals surface area contributed by atoms with Crippen molar-refractivity contribution in [1.82, 2.24) is 14.9 Å². The van der Waals surface area contributed by atoms with Crippen LogP contribution in [0.25, 0.3) is 0 Å². The van der Waals surface area contributed by atoms with Crippen molar-refractivity contribution in [2.45, 2.75) is 19.0 Å². The van der Waals surface area contributed by atoms with Crippen LogP contribution in [0.5, 0.6) is 0 Å². The van der Waals surface area contributed by atoms with Crippen molar-refractivity contribution < 1.29 is 14.3 Å². The number of ether oxygens (including phenoxy) is 1. The van der Waals surface area contributed by atoms with Gasteiger partial charge in [-0.25, -0.2) is 9.78 Å². The first-order valence-electron chi connectivity index (χ1n) is 6.86. The minimum Gasteiger partial charge on any atom is -0.467 e. The zero-order chi connectivity index (χ0) is 16.6. The fraction of sp³-hybridized carbons (Fsp3) is 0.267. The SMILES string of the molecule is COC(=O)C1Cc2nc[nH]c2CN1C(=O)c1ccc(Cl)cc1Cl. The molecule has 0 radical (unpaired) electrons. The maximum atomic E-state index is 12.9. The molecule has 2 aromatic rings. The van der Waals surface area contributed by atoms with E-state index in [0.29, 0.717) is 11.4 Å². The third kappa shape index (κ3) is 2.92. The number of benzene rings is 1. The highest BCUT2D eigenvalue weighted by molar-refractivity contribution is 6.36. The average Bonchev–Trinajstić information content (AvgIpc) is 2.99. The van der Waals surface area contributed by atoms with Crippen LogP contribution in [-0.4, -0.2) is 39.9 Å². The molecule has 1 unspecified atom stereocenters. The molecule has 1 aliphatic rings. The average molecular weight is 354 g/mol. The predicted octanol–water partition coefficient (Wildman–Crippen LogP) is 2.46. The Morgan fingerprint density at radius 3 is 2.87 bits per heavy atom. The third-order valence-electron chi connectivity index (χ3n) is 3.79. The van der Waals surface area contributed by atoms with Gasteiger partial charge >= 0.3 is 5.97 Å². The molecule has 1 aromatic heterocycles. The van der Waals surface area contributed by atoms with Crippen LogP contribution in [0, 0.1) is 0 Å². The fourth-order valence-electron chi connectivity index (χ4n) is 2.61. The Labute approximate surface area is 142 Å². The van der Waals surface area contributed by atoms with Crippen LogP contribution >= 0.6 is 23.2 Å². The molecular formula is C15H13Cl2N3O3. The van der Waals surface area contributed by atoms with Gasteiger partial charge in [0.25, 0.3) is 5.91 Å². The molecular weight excluding hydrogens is 341 g/mol. The second-order valence-corrected chi connectivity index (χ2v) is 5.97. The van der Waals surface area contributed by atoms with Gasteiger partial charge in [0.05, 0.1) is 42.0 Å². The molecule has 8 heteroatoms. The largest absolute Gasteiger partial charge is 0.467 e. The molecule has 23 heavy (non-hydrogen) atoms. The van der Waals surface area contributed by atoms with Crippen LogP contribution in [0.1, 0.15) is 21.7 Å². The van der Waals surface area contributed by atoms with Gasteiger partial charge in [-0.2, -0.15) is 0 Å². The number of halogens is 2. The molecule has 0 saturated heterocycles. The first-order chi connectivity index (χ1) is 11.0. The zero-order valence-corrected chi connectivity index (χ0v) is 13.7. The van der Waals surface area contributed by atoms with E-state index in [0.717, 1.165) is 11.4 Å². The van der Waals surface area contributed by atoms with Crippen LogP contribution in [0.2, 0.25) is 10.0 Å². The van der Waals surface area contributed by atoms with E-state index in [4.69, 9.17) is 27.9 Å². The third-order valence-corrected chi connectivity index (χ3v) is 4.34. The second-order valence-electron chi connectivity index (χ2n) is 5.13. The standard InChI is InChI=1S/C15H13Cl2N3O3/c1-23-15(22)13-5-11-12(19-7-18-11)6-20(13)14(21)9-3-2-8(16)4-10(9)17/h2-4,7,13H,5-6H2,1H3,(H,18,19). The molecule has 1 N–H and O–H groups in total. The van der Waals surface area contributed by atoms with Gasteiger partial charge in [-0.3, -0.25) is 4.79 Å². The summed E-state index contributed by atoms with van der Waals surface area (Å²) in [5, 5.41) is 0.673. The maximum absolute atomic E-state index is 12.9. The summed E-state index contributed by atoms with van der Waals surface area (Å²) in [5.74, 6) is -0.848. The predicted molar refractivity (Wildman–Crippen MR) is 84.4 cm³/mol. The smallest absolute Gasteiger partial charge is 0.329 e. The van der Waals surface area contributed by atoms with Crippen LogP contribution in [-0.2, 0) is 22.5 Å². The van der Waals surface area contributed by atoms with Gasteiger partial charge in [-0.05, 0) is 18.2 Å². The summed E-state index contributed by atoms with van der Waals surface area (Å²) in [5.41, 5.74) is 1.84. The van der Waals surface area contributed by atoms with Crippen molar-refractivity contribution in [3.05, 3.63) is 51.5 Å². The highest BCUT2D eigenvalue weighted by Crippen LogP contribution is 2.27. The highest BCUT2D eigenvalue weighted by Gasteiger charge is 2.37. The number of hydrogen-bond acceptors (Lipinski definition) is 4. The lowest BCUT2D eigenvalue weighted by Crippen LogP contribution is -2.49. The maximum Gasteiger partial charge on any atom is 0.329 e. The summed E-state index contributed by atoms with van der Waals surface area (Å²) in [4.78, 5) is 33.5. The van der Waals surface area contributed by atoms with Gasteiger partial charge in [-0.1, -0.05) is 23.2 Å². The first kappa shape index (κ1) is 15.8. The Hall–Kier alpha value is -2.05. The van der Waals surface area contributed by atoms with Gasteiger partial charge in [0.2, 0.25) is 0 Å². The van der Waals surface area contributed by atoms with E-state index in [2.05, 4.69) is 9.97 Å². The molecule has 1 aromatic carbocycles. The van der Waals surface area contributed by atoms with Crippen molar-refractivity contribution in [1.29, 1.82) is 0 Å². The summed E-state index contributed by atoms with van der Waals surface area (Å²) in [7, 11) is 1.29. The molecule has 0 aliphatic carbocycles. The molecule has 1 aliphatic heterocycles. The number of amides is 1. The number of nitrogens with one attached hydrogen (secondary N) is 1. The number of aromatic nitrogens is 2. The van der Waals surface area contributed by atoms with Crippen molar-refractivity contribution in [2.75, 3.05) is 7.11 Å². The Morgan fingerprint density at radius 2 is 2.17 bits per heavy atom. The molecule has 0 spiro atoms. The lowest BCUT2D eigenvalue weighted by molar-refractivity contribution is -0.146. The summed E-state index contributed by atoms with van der Waals surface area (Å²) in [6, 6.07) is 3.88. The van der Waals surface area contributed by atoms with Crippen molar-refractivity contribution >= 4 is 35.1 Å². The number of rotatable bonds is 2. The van der Waals surface area contributed by atoms with E-state index in [1.165, 1.54) is 18.1 Å². The Bertz CT molecular complexity index is 775. The summed E-state index contributed by atoms with van der Waals surface area (Å²) in [6.07, 6.45) is 1.84. The second kappa shape index (κ2) is 6.22. The number of methoxy groups -OCH3 is 1. The molecule has 1 atom stereocenters. The normalized spacial score (nSPS) is 16.8. The monoisotopic (exact) mass is 353 g/mol. The molecule has 6 nitrogen and oxygen atoms in total. The molecule has 0 bridgehead atoms. The zero-order valence-electron chi connectivity index (χ0n) is 12.2. The number of fused-ring (bicyclic) bond motifs is 1. The van der Waals surface area contributed by atoms with E-state index < -0.39 is 12.0 Å². The van der Waals surface area contributed by atoms with Crippen LogP contribution < -0.4 is 0 Å². The van der Waals surface area contributed by atoms with Crippen LogP contribution in [0.4, 0.5) is 0 Å². The van der Waals surface area contributed by atoms with E-state index in [1.54, 1.807) is 18.5 Å². The minimum atomic E-state index is -0.741. The molecule has 0 saturated carbocycles. The van der Waals surface area contributed by atoms with Gasteiger partial charge in [0.1, 0.15) is 6.04 Å². The van der Waals surface area contributed by atoms with Gasteiger partial charge in [0, 0.05) is 11.4 Å². The number of aromatic amines is 1. The number of esters is 1. The quantitative estimate of drug-likeness (QED) is 0.841. The fourth-order valence-corrected chi connectivity index (χ4v) is 3.10. The molecule has 3 rings (SSSR count). The van der Waals surface area contributed by atoms with E-state index in [9.17, 15) is 9.59 Å². The lowest BCUT2D eigenvalue weighted by Gasteiger charge is -2.33. The molecule has 0 fully saturated rings. The lowest BCUT2D eigenvalue weighted by atomic mass is 10.0. The van der Waals surface area contributed by atoms with Crippen molar-refractivity contribution in [2.24, 2.45) is 0 Å². The Balaban J connectivity index is 1.97. The topological polar surface area (TPSA) is 75.3 Å². The number of carbonyl (C=O) groups excluding carboxylic acids is 2. The van der Waals surface area contributed by atoms with Gasteiger partial charge < -0.3 is 14.6 Å². The number of H-pyrrole nitrogens is 1. The van der Waals surface area contributed by atoms with Gasteiger partial charge in [-0.15, -0.1) is 0 Å². The first-order valence-corrected chi connectivity index (χ1v) is 7.62.